The van der Waals surface area contributed by atoms with Gasteiger partial charge in [-0.05, 0) is 23.3 Å². The van der Waals surface area contributed by atoms with Crippen molar-refractivity contribution in [3.05, 3.63) is 70.7 Å². The van der Waals surface area contributed by atoms with E-state index in [2.05, 4.69) is 52.3 Å². The predicted molar refractivity (Wildman–Crippen MR) is 119 cm³/mol. The fourth-order valence-corrected chi connectivity index (χ4v) is 3.85. The molecule has 1 aliphatic heterocycles. The molecule has 162 valence electrons. The summed E-state index contributed by atoms with van der Waals surface area (Å²) < 4.78 is 10.7. The van der Waals surface area contributed by atoms with Gasteiger partial charge in [-0.3, -0.25) is 14.6 Å². The van der Waals surface area contributed by atoms with E-state index >= 15 is 0 Å². The molecule has 3 rings (SSSR count). The van der Waals surface area contributed by atoms with E-state index in [1.54, 1.807) is 0 Å². The molecule has 1 unspecified atom stereocenters. The molecule has 2 aromatic carbocycles. The Morgan fingerprint density at radius 1 is 0.900 bits per heavy atom. The van der Waals surface area contributed by atoms with Gasteiger partial charge in [0, 0.05) is 37.7 Å². The summed E-state index contributed by atoms with van der Waals surface area (Å²) in [5, 5.41) is 0.760. The van der Waals surface area contributed by atoms with E-state index in [1.165, 1.54) is 11.1 Å². The molecule has 2 N–H and O–H groups in total. The highest BCUT2D eigenvalue weighted by Crippen LogP contribution is 2.30. The van der Waals surface area contributed by atoms with E-state index < -0.39 is 5.91 Å². The van der Waals surface area contributed by atoms with Crippen LogP contribution >= 0.6 is 11.6 Å². The van der Waals surface area contributed by atoms with Gasteiger partial charge in [0.1, 0.15) is 6.61 Å². The van der Waals surface area contributed by atoms with Gasteiger partial charge in [0.2, 0.25) is 5.91 Å². The van der Waals surface area contributed by atoms with Gasteiger partial charge in [-0.1, -0.05) is 54.1 Å². The van der Waals surface area contributed by atoms with Gasteiger partial charge < -0.3 is 15.2 Å². The Morgan fingerprint density at radius 3 is 2.20 bits per heavy atom. The first kappa shape index (κ1) is 22.7. The van der Waals surface area contributed by atoms with E-state index in [-0.39, 0.29) is 12.6 Å². The van der Waals surface area contributed by atoms with Crippen LogP contribution in [0.5, 0.6) is 0 Å². The van der Waals surface area contributed by atoms with Crippen molar-refractivity contribution in [2.75, 3.05) is 59.2 Å². The lowest BCUT2D eigenvalue weighted by molar-refractivity contribution is -0.123. The number of hydrogen-bond acceptors (Lipinski definition) is 5. The number of piperazine rings is 1. The van der Waals surface area contributed by atoms with Crippen molar-refractivity contribution >= 4 is 17.5 Å². The first-order chi connectivity index (χ1) is 14.6. The smallest absolute Gasteiger partial charge is 0.243 e. The van der Waals surface area contributed by atoms with Crippen molar-refractivity contribution in [3.63, 3.8) is 0 Å². The topological polar surface area (TPSA) is 68.0 Å². The van der Waals surface area contributed by atoms with Crippen molar-refractivity contribution in [1.82, 2.24) is 9.80 Å². The molecule has 30 heavy (non-hydrogen) atoms. The predicted octanol–water partition coefficient (Wildman–Crippen LogP) is 2.57. The molecule has 0 radical (unpaired) electrons. The van der Waals surface area contributed by atoms with Gasteiger partial charge in [0.15, 0.2) is 0 Å². The SMILES string of the molecule is NC(=O)COCCOCCN1CCN(C(c2ccccc2)c2ccc(Cl)cc2)CC1. The molecule has 1 saturated heterocycles. The minimum absolute atomic E-state index is 0.0540. The molecule has 1 aliphatic rings. The number of primary amides is 1. The molecule has 1 amide bonds. The lowest BCUT2D eigenvalue weighted by Gasteiger charge is -2.39. The van der Waals surface area contributed by atoms with Crippen molar-refractivity contribution in [2.45, 2.75) is 6.04 Å². The van der Waals surface area contributed by atoms with Crippen LogP contribution in [0.4, 0.5) is 0 Å². The summed E-state index contributed by atoms with van der Waals surface area (Å²) in [5.41, 5.74) is 7.58. The number of nitrogens with zero attached hydrogens (tertiary/aromatic N) is 2. The van der Waals surface area contributed by atoms with Crippen LogP contribution in [0.1, 0.15) is 17.2 Å². The third kappa shape index (κ3) is 7.07. The first-order valence-corrected chi connectivity index (χ1v) is 10.7. The van der Waals surface area contributed by atoms with Crippen LogP contribution in [0.3, 0.4) is 0 Å². The largest absolute Gasteiger partial charge is 0.378 e. The molecule has 0 aromatic heterocycles. The van der Waals surface area contributed by atoms with Crippen LogP contribution in [0.25, 0.3) is 0 Å². The number of nitrogens with two attached hydrogens (primary N) is 1. The van der Waals surface area contributed by atoms with Crippen LogP contribution in [-0.4, -0.2) is 74.9 Å². The van der Waals surface area contributed by atoms with E-state index in [1.807, 2.05) is 12.1 Å². The zero-order valence-corrected chi connectivity index (χ0v) is 18.0. The summed E-state index contributed by atoms with van der Waals surface area (Å²) in [6.07, 6.45) is 0. The lowest BCUT2D eigenvalue weighted by atomic mass is 9.96. The average molecular weight is 432 g/mol. The van der Waals surface area contributed by atoms with Crippen molar-refractivity contribution in [3.8, 4) is 0 Å². The molecule has 7 heteroatoms. The quantitative estimate of drug-likeness (QED) is 0.554. The van der Waals surface area contributed by atoms with Crippen LogP contribution < -0.4 is 5.73 Å². The fraction of sp³-hybridized carbons (Fsp3) is 0.435. The number of rotatable bonds is 11. The second kappa shape index (κ2) is 12.0. The Hall–Kier alpha value is -1.96. The maximum atomic E-state index is 10.6. The third-order valence-electron chi connectivity index (χ3n) is 5.24. The molecule has 0 spiro atoms. The maximum Gasteiger partial charge on any atom is 0.243 e. The number of amides is 1. The summed E-state index contributed by atoms with van der Waals surface area (Å²) in [4.78, 5) is 15.6. The van der Waals surface area contributed by atoms with E-state index in [0.717, 1.165) is 37.7 Å². The molecule has 1 fully saturated rings. The van der Waals surface area contributed by atoms with E-state index in [9.17, 15) is 4.79 Å². The van der Waals surface area contributed by atoms with E-state index in [4.69, 9.17) is 26.8 Å². The average Bonchev–Trinajstić information content (AvgIpc) is 2.76. The van der Waals surface area contributed by atoms with Gasteiger partial charge in [-0.15, -0.1) is 0 Å². The van der Waals surface area contributed by atoms with Gasteiger partial charge in [-0.2, -0.15) is 0 Å². The van der Waals surface area contributed by atoms with Gasteiger partial charge >= 0.3 is 0 Å². The zero-order valence-electron chi connectivity index (χ0n) is 17.2. The van der Waals surface area contributed by atoms with E-state index in [0.29, 0.717) is 19.8 Å². The minimum Gasteiger partial charge on any atom is -0.378 e. The standard InChI is InChI=1S/C23H30ClN3O3/c24-21-8-6-20(7-9-21)23(19-4-2-1-3-5-19)27-12-10-26(11-13-27)14-15-29-16-17-30-18-22(25)28/h1-9,23H,10-18H2,(H2,25,28). The van der Waals surface area contributed by atoms with Gasteiger partial charge in [0.05, 0.1) is 25.9 Å². The number of ether oxygens (including phenoxy) is 2. The van der Waals surface area contributed by atoms with Crippen molar-refractivity contribution in [1.29, 1.82) is 0 Å². The fourth-order valence-electron chi connectivity index (χ4n) is 3.73. The molecular formula is C23H30ClN3O3. The summed E-state index contributed by atoms with van der Waals surface area (Å²) in [6.45, 7) is 6.32. The number of benzene rings is 2. The highest BCUT2D eigenvalue weighted by atomic mass is 35.5. The molecule has 2 aromatic rings. The van der Waals surface area contributed by atoms with Gasteiger partial charge in [-0.25, -0.2) is 0 Å². The summed E-state index contributed by atoms with van der Waals surface area (Å²) in [5.74, 6) is -0.458. The Bertz CT molecular complexity index is 765. The van der Waals surface area contributed by atoms with Crippen LogP contribution in [0.2, 0.25) is 5.02 Å². The number of carbonyl (C=O) groups excluding carboxylic acids is 1. The summed E-state index contributed by atoms with van der Waals surface area (Å²) in [6, 6.07) is 19.0. The highest BCUT2D eigenvalue weighted by Gasteiger charge is 2.26. The zero-order chi connectivity index (χ0) is 21.2. The second-order valence-electron chi connectivity index (χ2n) is 7.37. The summed E-state index contributed by atoms with van der Waals surface area (Å²) >= 11 is 6.11. The highest BCUT2D eigenvalue weighted by molar-refractivity contribution is 6.30. The minimum atomic E-state index is -0.458. The molecule has 0 saturated carbocycles. The van der Waals surface area contributed by atoms with Crippen LogP contribution in [-0.2, 0) is 14.3 Å². The lowest BCUT2D eigenvalue weighted by Crippen LogP contribution is -2.48. The molecule has 6 nitrogen and oxygen atoms in total. The number of halogens is 1. The Morgan fingerprint density at radius 2 is 1.53 bits per heavy atom. The van der Waals surface area contributed by atoms with Crippen molar-refractivity contribution < 1.29 is 14.3 Å². The maximum absolute atomic E-state index is 10.6. The van der Waals surface area contributed by atoms with Gasteiger partial charge in [0.25, 0.3) is 0 Å². The Labute approximate surface area is 183 Å². The van der Waals surface area contributed by atoms with Crippen LogP contribution in [0.15, 0.2) is 54.6 Å². The number of carbonyl (C=O) groups is 1. The van der Waals surface area contributed by atoms with Crippen LogP contribution in [0, 0.1) is 0 Å². The number of hydrogen-bond donors (Lipinski definition) is 1. The third-order valence-corrected chi connectivity index (χ3v) is 5.49. The summed E-state index contributed by atoms with van der Waals surface area (Å²) in [7, 11) is 0. The molecule has 0 bridgehead atoms. The second-order valence-corrected chi connectivity index (χ2v) is 7.81. The first-order valence-electron chi connectivity index (χ1n) is 10.3. The molecular weight excluding hydrogens is 402 g/mol. The molecule has 1 atom stereocenters. The Kier molecular flexibility index (Phi) is 9.11. The molecule has 0 aliphatic carbocycles. The normalized spacial score (nSPS) is 16.4. The monoisotopic (exact) mass is 431 g/mol. The van der Waals surface area contributed by atoms with Crippen molar-refractivity contribution in [2.24, 2.45) is 5.73 Å². The molecule has 1 heterocycles. The Balaban J connectivity index is 1.48.